The molecule has 1 atom stereocenters. The minimum absolute atomic E-state index is 0.131. The van der Waals surface area contributed by atoms with E-state index in [1.54, 1.807) is 24.4 Å². The van der Waals surface area contributed by atoms with Crippen molar-refractivity contribution in [3.8, 4) is 0 Å². The van der Waals surface area contributed by atoms with Crippen molar-refractivity contribution < 1.29 is 13.6 Å². The number of carbonyl (C=O) groups excluding carboxylic acids is 1. The molecule has 4 aromatic rings. The van der Waals surface area contributed by atoms with Crippen LogP contribution in [0.4, 0.5) is 8.78 Å². The Kier molecular flexibility index (Phi) is 5.57. The Balaban J connectivity index is 1.61. The SMILES string of the molecule is Cc1cccn2c(C(CC(=O)NCc3ccc(F)cc3)c3cccc(F)c3)cnc12. The van der Waals surface area contributed by atoms with Crippen LogP contribution in [-0.4, -0.2) is 15.3 Å². The molecule has 4 rings (SSSR count). The second-order valence-corrected chi connectivity index (χ2v) is 7.28. The molecule has 1 N–H and O–H groups in total. The molecule has 4 nitrogen and oxygen atoms in total. The molecule has 0 fully saturated rings. The summed E-state index contributed by atoms with van der Waals surface area (Å²) in [7, 11) is 0. The molecule has 0 spiro atoms. The molecular weight excluding hydrogens is 384 g/mol. The highest BCUT2D eigenvalue weighted by atomic mass is 19.1. The highest BCUT2D eigenvalue weighted by Crippen LogP contribution is 2.29. The average molecular weight is 405 g/mol. The van der Waals surface area contributed by atoms with Crippen molar-refractivity contribution in [2.75, 3.05) is 0 Å². The van der Waals surface area contributed by atoms with Crippen molar-refractivity contribution in [2.45, 2.75) is 25.8 Å². The number of imidazole rings is 1. The van der Waals surface area contributed by atoms with Crippen LogP contribution in [0.25, 0.3) is 5.65 Å². The third-order valence-electron chi connectivity index (χ3n) is 5.16. The molecule has 152 valence electrons. The standard InChI is InChI=1S/C24H21F2N3O/c1-16-4-3-11-29-22(15-28-24(16)29)21(18-5-2-6-20(26)12-18)13-23(30)27-14-17-7-9-19(25)10-8-17/h2-12,15,21H,13-14H2,1H3,(H,27,30). The van der Waals surface area contributed by atoms with E-state index in [0.29, 0.717) is 12.1 Å². The van der Waals surface area contributed by atoms with Gasteiger partial charge in [0.15, 0.2) is 0 Å². The van der Waals surface area contributed by atoms with Gasteiger partial charge in [0.25, 0.3) is 0 Å². The zero-order valence-corrected chi connectivity index (χ0v) is 16.5. The van der Waals surface area contributed by atoms with Gasteiger partial charge in [-0.25, -0.2) is 13.8 Å². The topological polar surface area (TPSA) is 46.4 Å². The number of hydrogen-bond donors (Lipinski definition) is 1. The van der Waals surface area contributed by atoms with Crippen LogP contribution in [0.1, 0.15) is 34.7 Å². The fraction of sp³-hybridized carbons (Fsp3) is 0.167. The number of amides is 1. The van der Waals surface area contributed by atoms with E-state index in [1.165, 1.54) is 24.3 Å². The number of rotatable bonds is 6. The number of halogens is 2. The van der Waals surface area contributed by atoms with Gasteiger partial charge in [-0.15, -0.1) is 0 Å². The summed E-state index contributed by atoms with van der Waals surface area (Å²) in [5.74, 6) is -1.23. The van der Waals surface area contributed by atoms with Crippen LogP contribution in [0.5, 0.6) is 0 Å². The Bertz CT molecular complexity index is 1180. The van der Waals surface area contributed by atoms with Crippen molar-refractivity contribution in [3.05, 3.63) is 107 Å². The van der Waals surface area contributed by atoms with Gasteiger partial charge in [-0.1, -0.05) is 30.3 Å². The number of aryl methyl sites for hydroxylation is 1. The summed E-state index contributed by atoms with van der Waals surface area (Å²) in [6, 6.07) is 16.2. The van der Waals surface area contributed by atoms with Gasteiger partial charge in [-0.05, 0) is 53.9 Å². The van der Waals surface area contributed by atoms with Crippen LogP contribution in [0.3, 0.4) is 0 Å². The monoisotopic (exact) mass is 405 g/mol. The molecule has 1 unspecified atom stereocenters. The predicted molar refractivity (Wildman–Crippen MR) is 111 cm³/mol. The molecule has 1 amide bonds. The quantitative estimate of drug-likeness (QED) is 0.503. The number of nitrogens with zero attached hydrogens (tertiary/aromatic N) is 2. The van der Waals surface area contributed by atoms with Gasteiger partial charge < -0.3 is 9.72 Å². The molecule has 0 radical (unpaired) electrons. The van der Waals surface area contributed by atoms with Crippen LogP contribution < -0.4 is 5.32 Å². The smallest absolute Gasteiger partial charge is 0.221 e. The molecule has 0 saturated carbocycles. The fourth-order valence-corrected chi connectivity index (χ4v) is 3.61. The number of fused-ring (bicyclic) bond motifs is 1. The minimum atomic E-state index is -0.370. The van der Waals surface area contributed by atoms with Gasteiger partial charge in [0.05, 0.1) is 5.69 Å². The molecule has 0 aliphatic heterocycles. The second kappa shape index (κ2) is 8.45. The van der Waals surface area contributed by atoms with Crippen molar-refractivity contribution >= 4 is 11.6 Å². The van der Waals surface area contributed by atoms with Crippen LogP contribution in [0.2, 0.25) is 0 Å². The summed E-state index contributed by atoms with van der Waals surface area (Å²) in [6.07, 6.45) is 3.77. The van der Waals surface area contributed by atoms with Crippen molar-refractivity contribution in [1.29, 1.82) is 0 Å². The maximum absolute atomic E-state index is 13.9. The first kappa shape index (κ1) is 19.8. The van der Waals surface area contributed by atoms with E-state index in [2.05, 4.69) is 10.3 Å². The second-order valence-electron chi connectivity index (χ2n) is 7.28. The van der Waals surface area contributed by atoms with Crippen LogP contribution >= 0.6 is 0 Å². The Labute approximate surface area is 173 Å². The number of carbonyl (C=O) groups is 1. The Morgan fingerprint density at radius 3 is 2.63 bits per heavy atom. The van der Waals surface area contributed by atoms with Gasteiger partial charge in [-0.3, -0.25) is 4.79 Å². The number of benzene rings is 2. The van der Waals surface area contributed by atoms with Gasteiger partial charge in [0.1, 0.15) is 17.3 Å². The van der Waals surface area contributed by atoms with Gasteiger partial charge in [0.2, 0.25) is 5.91 Å². The van der Waals surface area contributed by atoms with Crippen molar-refractivity contribution in [3.63, 3.8) is 0 Å². The Hall–Kier alpha value is -3.54. The van der Waals surface area contributed by atoms with E-state index in [-0.39, 0.29) is 29.9 Å². The van der Waals surface area contributed by atoms with Gasteiger partial charge in [-0.2, -0.15) is 0 Å². The first-order chi connectivity index (χ1) is 14.5. The molecule has 0 aliphatic carbocycles. The number of pyridine rings is 1. The number of aromatic nitrogens is 2. The van der Waals surface area contributed by atoms with Gasteiger partial charge >= 0.3 is 0 Å². The third kappa shape index (κ3) is 4.22. The first-order valence-electron chi connectivity index (χ1n) is 9.70. The molecular formula is C24H21F2N3O. The van der Waals surface area contributed by atoms with Crippen LogP contribution in [0.15, 0.2) is 73.1 Å². The maximum atomic E-state index is 13.9. The summed E-state index contributed by atoms with van der Waals surface area (Å²) in [6.45, 7) is 2.26. The molecule has 6 heteroatoms. The zero-order chi connectivity index (χ0) is 21.1. The molecule has 0 bridgehead atoms. The van der Waals surface area contributed by atoms with E-state index in [1.807, 2.05) is 35.7 Å². The van der Waals surface area contributed by atoms with E-state index in [9.17, 15) is 13.6 Å². The molecule has 2 aromatic heterocycles. The first-order valence-corrected chi connectivity index (χ1v) is 9.70. The van der Waals surface area contributed by atoms with Crippen molar-refractivity contribution in [2.24, 2.45) is 0 Å². The lowest BCUT2D eigenvalue weighted by atomic mass is 9.92. The molecule has 0 aliphatic rings. The van der Waals surface area contributed by atoms with Crippen molar-refractivity contribution in [1.82, 2.24) is 14.7 Å². The largest absolute Gasteiger partial charge is 0.352 e. The van der Waals surface area contributed by atoms with Crippen LogP contribution in [-0.2, 0) is 11.3 Å². The summed E-state index contributed by atoms with van der Waals surface area (Å²) in [5.41, 5.74) is 4.15. The molecule has 2 heterocycles. The highest BCUT2D eigenvalue weighted by Gasteiger charge is 2.22. The van der Waals surface area contributed by atoms with E-state index in [0.717, 1.165) is 22.5 Å². The molecule has 2 aromatic carbocycles. The fourth-order valence-electron chi connectivity index (χ4n) is 3.61. The predicted octanol–water partition coefficient (Wildman–Crippen LogP) is 4.76. The lowest BCUT2D eigenvalue weighted by molar-refractivity contribution is -0.121. The van der Waals surface area contributed by atoms with Gasteiger partial charge in [0, 0.05) is 31.3 Å². The van der Waals surface area contributed by atoms with E-state index in [4.69, 9.17) is 0 Å². The Morgan fingerprint density at radius 2 is 1.87 bits per heavy atom. The minimum Gasteiger partial charge on any atom is -0.352 e. The summed E-state index contributed by atoms with van der Waals surface area (Å²) >= 11 is 0. The lowest BCUT2D eigenvalue weighted by Gasteiger charge is -2.18. The summed E-state index contributed by atoms with van der Waals surface area (Å²) < 4.78 is 28.9. The Morgan fingerprint density at radius 1 is 1.07 bits per heavy atom. The normalized spacial score (nSPS) is 12.1. The number of nitrogens with one attached hydrogen (secondary N) is 1. The van der Waals surface area contributed by atoms with E-state index >= 15 is 0 Å². The number of hydrogen-bond acceptors (Lipinski definition) is 2. The third-order valence-corrected chi connectivity index (χ3v) is 5.16. The average Bonchev–Trinajstić information content (AvgIpc) is 3.17. The molecule has 30 heavy (non-hydrogen) atoms. The maximum Gasteiger partial charge on any atom is 0.221 e. The van der Waals surface area contributed by atoms with Crippen LogP contribution in [0, 0.1) is 18.6 Å². The molecule has 0 saturated heterocycles. The van der Waals surface area contributed by atoms with E-state index < -0.39 is 0 Å². The zero-order valence-electron chi connectivity index (χ0n) is 16.5. The lowest BCUT2D eigenvalue weighted by Crippen LogP contribution is -2.25. The summed E-state index contributed by atoms with van der Waals surface area (Å²) in [4.78, 5) is 17.2. The highest BCUT2D eigenvalue weighted by molar-refractivity contribution is 5.77. The summed E-state index contributed by atoms with van der Waals surface area (Å²) in [5, 5.41) is 2.87.